The predicted molar refractivity (Wildman–Crippen MR) is 57.3 cm³/mol. The lowest BCUT2D eigenvalue weighted by Crippen LogP contribution is -2.21. The number of aryl methyl sites for hydroxylation is 2. The molecule has 0 saturated heterocycles. The molecule has 0 aromatic carbocycles. The minimum absolute atomic E-state index is 0.786. The summed E-state index contributed by atoms with van der Waals surface area (Å²) < 4.78 is 0. The van der Waals surface area contributed by atoms with Gasteiger partial charge in [-0.3, -0.25) is 0 Å². The Morgan fingerprint density at radius 2 is 1.93 bits per heavy atom. The van der Waals surface area contributed by atoms with Crippen molar-refractivity contribution < 1.29 is 0 Å². The zero-order chi connectivity index (χ0) is 9.97. The molecule has 1 N–H and O–H groups in total. The van der Waals surface area contributed by atoms with Gasteiger partial charge >= 0.3 is 0 Å². The number of rotatable bonds is 3. The van der Waals surface area contributed by atoms with Crippen molar-refractivity contribution >= 4 is 5.95 Å². The molecule has 3 heteroatoms. The second kappa shape index (κ2) is 3.95. The second-order valence-corrected chi connectivity index (χ2v) is 4.15. The van der Waals surface area contributed by atoms with Gasteiger partial charge in [0.15, 0.2) is 0 Å². The third-order valence-corrected chi connectivity index (χ3v) is 2.76. The molecular formula is C11H17N3. The summed E-state index contributed by atoms with van der Waals surface area (Å²) in [4.78, 5) is 8.68. The van der Waals surface area contributed by atoms with Gasteiger partial charge in [0.25, 0.3) is 0 Å². The van der Waals surface area contributed by atoms with Crippen LogP contribution in [0.3, 0.4) is 0 Å². The van der Waals surface area contributed by atoms with Gasteiger partial charge in [0.2, 0.25) is 5.95 Å². The Morgan fingerprint density at radius 1 is 1.29 bits per heavy atom. The Morgan fingerprint density at radius 3 is 2.43 bits per heavy atom. The summed E-state index contributed by atoms with van der Waals surface area (Å²) in [6.45, 7) is 5.04. The molecule has 1 fully saturated rings. The Kier molecular flexibility index (Phi) is 2.66. The van der Waals surface area contributed by atoms with Crippen LogP contribution >= 0.6 is 0 Å². The molecule has 2 rings (SSSR count). The van der Waals surface area contributed by atoms with E-state index in [9.17, 15) is 0 Å². The molecule has 3 nitrogen and oxygen atoms in total. The molecule has 0 atom stereocenters. The van der Waals surface area contributed by atoms with Gasteiger partial charge in [-0.25, -0.2) is 9.97 Å². The maximum Gasteiger partial charge on any atom is 0.223 e. The quantitative estimate of drug-likeness (QED) is 0.796. The monoisotopic (exact) mass is 191 g/mol. The minimum Gasteiger partial charge on any atom is -0.354 e. The van der Waals surface area contributed by atoms with Crippen molar-refractivity contribution in [3.05, 3.63) is 17.5 Å². The van der Waals surface area contributed by atoms with Crippen LogP contribution in [0, 0.1) is 19.8 Å². The Labute approximate surface area is 85.0 Å². The zero-order valence-electron chi connectivity index (χ0n) is 8.88. The Balaban J connectivity index is 1.94. The van der Waals surface area contributed by atoms with Crippen LogP contribution in [0.15, 0.2) is 6.07 Å². The van der Waals surface area contributed by atoms with Gasteiger partial charge in [-0.1, -0.05) is 6.42 Å². The van der Waals surface area contributed by atoms with E-state index in [4.69, 9.17) is 0 Å². The fourth-order valence-corrected chi connectivity index (χ4v) is 1.74. The van der Waals surface area contributed by atoms with Crippen LogP contribution in [0.2, 0.25) is 0 Å². The van der Waals surface area contributed by atoms with E-state index in [1.54, 1.807) is 0 Å². The lowest BCUT2D eigenvalue weighted by molar-refractivity contribution is 0.333. The van der Waals surface area contributed by atoms with E-state index in [0.29, 0.717) is 0 Å². The molecule has 1 aromatic rings. The van der Waals surface area contributed by atoms with Gasteiger partial charge in [-0.2, -0.15) is 0 Å². The summed E-state index contributed by atoms with van der Waals surface area (Å²) >= 11 is 0. The first-order chi connectivity index (χ1) is 6.74. The van der Waals surface area contributed by atoms with Crippen molar-refractivity contribution in [3.63, 3.8) is 0 Å². The number of hydrogen-bond acceptors (Lipinski definition) is 3. The van der Waals surface area contributed by atoms with E-state index in [-0.39, 0.29) is 0 Å². The first-order valence-corrected chi connectivity index (χ1v) is 5.30. The van der Waals surface area contributed by atoms with E-state index in [1.165, 1.54) is 19.3 Å². The van der Waals surface area contributed by atoms with Crippen LogP contribution in [0.4, 0.5) is 5.95 Å². The van der Waals surface area contributed by atoms with Crippen LogP contribution in [-0.2, 0) is 0 Å². The number of nitrogens with zero attached hydrogens (tertiary/aromatic N) is 2. The van der Waals surface area contributed by atoms with Crippen LogP contribution in [0.1, 0.15) is 30.7 Å². The molecule has 1 aliphatic rings. The van der Waals surface area contributed by atoms with E-state index in [2.05, 4.69) is 15.3 Å². The van der Waals surface area contributed by atoms with E-state index < -0.39 is 0 Å². The smallest absolute Gasteiger partial charge is 0.223 e. The SMILES string of the molecule is Cc1cc(C)nc(NCC2CCC2)n1. The molecule has 1 saturated carbocycles. The minimum atomic E-state index is 0.786. The summed E-state index contributed by atoms with van der Waals surface area (Å²) in [6.07, 6.45) is 4.11. The van der Waals surface area contributed by atoms with E-state index >= 15 is 0 Å². The van der Waals surface area contributed by atoms with E-state index in [1.807, 2.05) is 19.9 Å². The van der Waals surface area contributed by atoms with Crippen molar-refractivity contribution in [2.75, 3.05) is 11.9 Å². The molecule has 76 valence electrons. The fourth-order valence-electron chi connectivity index (χ4n) is 1.74. The number of nitrogens with one attached hydrogen (secondary N) is 1. The first kappa shape index (κ1) is 9.44. The van der Waals surface area contributed by atoms with Crippen LogP contribution in [-0.4, -0.2) is 16.5 Å². The van der Waals surface area contributed by atoms with Gasteiger partial charge in [-0.15, -0.1) is 0 Å². The highest BCUT2D eigenvalue weighted by atomic mass is 15.1. The number of aromatic nitrogens is 2. The van der Waals surface area contributed by atoms with Gasteiger partial charge in [0.05, 0.1) is 0 Å². The van der Waals surface area contributed by atoms with Gasteiger partial charge in [0.1, 0.15) is 0 Å². The highest BCUT2D eigenvalue weighted by Crippen LogP contribution is 2.25. The Hall–Kier alpha value is -1.12. The van der Waals surface area contributed by atoms with Gasteiger partial charge in [0, 0.05) is 17.9 Å². The molecule has 0 unspecified atom stereocenters. The van der Waals surface area contributed by atoms with Crippen molar-refractivity contribution in [1.29, 1.82) is 0 Å². The lowest BCUT2D eigenvalue weighted by atomic mass is 9.85. The average molecular weight is 191 g/mol. The molecule has 0 aliphatic heterocycles. The van der Waals surface area contributed by atoms with Gasteiger partial charge in [-0.05, 0) is 38.7 Å². The normalized spacial score (nSPS) is 16.4. The maximum atomic E-state index is 4.34. The molecule has 0 amide bonds. The highest BCUT2D eigenvalue weighted by molar-refractivity contribution is 5.27. The first-order valence-electron chi connectivity index (χ1n) is 5.30. The summed E-state index contributed by atoms with van der Waals surface area (Å²) in [5.41, 5.74) is 2.07. The van der Waals surface area contributed by atoms with Crippen LogP contribution in [0.5, 0.6) is 0 Å². The van der Waals surface area contributed by atoms with Crippen molar-refractivity contribution in [2.45, 2.75) is 33.1 Å². The molecule has 1 heterocycles. The lowest BCUT2D eigenvalue weighted by Gasteiger charge is -2.25. The molecule has 0 spiro atoms. The maximum absolute atomic E-state index is 4.34. The molecule has 1 aliphatic carbocycles. The largest absolute Gasteiger partial charge is 0.354 e. The summed E-state index contributed by atoms with van der Waals surface area (Å²) in [5.74, 6) is 1.63. The predicted octanol–water partition coefficient (Wildman–Crippen LogP) is 2.31. The zero-order valence-corrected chi connectivity index (χ0v) is 8.88. The van der Waals surface area contributed by atoms with Crippen molar-refractivity contribution in [2.24, 2.45) is 5.92 Å². The van der Waals surface area contributed by atoms with Crippen molar-refractivity contribution in [3.8, 4) is 0 Å². The van der Waals surface area contributed by atoms with Crippen molar-refractivity contribution in [1.82, 2.24) is 9.97 Å². The van der Waals surface area contributed by atoms with Crippen LogP contribution in [0.25, 0.3) is 0 Å². The third kappa shape index (κ3) is 2.22. The molecule has 14 heavy (non-hydrogen) atoms. The van der Waals surface area contributed by atoms with Gasteiger partial charge < -0.3 is 5.32 Å². The molecule has 0 radical (unpaired) electrons. The summed E-state index contributed by atoms with van der Waals surface area (Å²) in [6, 6.07) is 1.99. The second-order valence-electron chi connectivity index (χ2n) is 4.15. The fraction of sp³-hybridized carbons (Fsp3) is 0.636. The molecule has 0 bridgehead atoms. The highest BCUT2D eigenvalue weighted by Gasteiger charge is 2.17. The topological polar surface area (TPSA) is 37.8 Å². The number of hydrogen-bond donors (Lipinski definition) is 1. The summed E-state index contributed by atoms with van der Waals surface area (Å²) in [5, 5.41) is 3.31. The Bertz CT molecular complexity index is 298. The number of anilines is 1. The van der Waals surface area contributed by atoms with Crippen LogP contribution < -0.4 is 5.32 Å². The standard InChI is InChI=1S/C11H17N3/c1-8-6-9(2)14-11(13-8)12-7-10-4-3-5-10/h6,10H,3-5,7H2,1-2H3,(H,12,13,14). The average Bonchev–Trinajstić information content (AvgIpc) is 1.99. The third-order valence-electron chi connectivity index (χ3n) is 2.76. The molecule has 1 aromatic heterocycles. The van der Waals surface area contributed by atoms with E-state index in [0.717, 1.165) is 29.8 Å². The summed E-state index contributed by atoms with van der Waals surface area (Å²) in [7, 11) is 0. The molecular weight excluding hydrogens is 174 g/mol.